The second kappa shape index (κ2) is 17.7. The Kier molecular flexibility index (Phi) is 17.3. The number of carbonyl (C=O) groups is 1. The van der Waals surface area contributed by atoms with Gasteiger partial charge < -0.3 is 16.2 Å². The molecule has 0 heterocycles. The fourth-order valence-corrected chi connectivity index (χ4v) is 2.69. The van der Waals surface area contributed by atoms with Gasteiger partial charge >= 0.3 is 5.97 Å². The Morgan fingerprint density at radius 3 is 2.13 bits per heavy atom. The summed E-state index contributed by atoms with van der Waals surface area (Å²) < 4.78 is 5.25. The molecule has 0 saturated carbocycles. The molecule has 0 aromatic rings. The molecule has 0 bridgehead atoms. The third kappa shape index (κ3) is 17.6. The van der Waals surface area contributed by atoms with Crippen LogP contribution >= 0.6 is 0 Å². The summed E-state index contributed by atoms with van der Waals surface area (Å²) in [6.45, 7) is 3.58. The third-order valence-electron chi connectivity index (χ3n) is 4.25. The highest BCUT2D eigenvalue weighted by Gasteiger charge is 2.05. The van der Waals surface area contributed by atoms with E-state index in [0.29, 0.717) is 19.1 Å². The summed E-state index contributed by atoms with van der Waals surface area (Å²) in [6.07, 6.45) is 15.3. The Labute approximate surface area is 143 Å². The van der Waals surface area contributed by atoms with Gasteiger partial charge in [-0.1, -0.05) is 58.3 Å². The number of nitrogens with two attached hydrogens (primary N) is 2. The van der Waals surface area contributed by atoms with Crippen molar-refractivity contribution in [2.24, 2.45) is 11.5 Å². The highest BCUT2D eigenvalue weighted by molar-refractivity contribution is 5.69. The van der Waals surface area contributed by atoms with E-state index in [1.807, 2.05) is 0 Å². The molecule has 0 radical (unpaired) electrons. The minimum Gasteiger partial charge on any atom is -0.466 e. The topological polar surface area (TPSA) is 78.3 Å². The lowest BCUT2D eigenvalue weighted by atomic mass is 10.0. The van der Waals surface area contributed by atoms with E-state index in [-0.39, 0.29) is 5.97 Å². The van der Waals surface area contributed by atoms with Gasteiger partial charge in [0.1, 0.15) is 0 Å². The molecule has 0 aliphatic rings. The van der Waals surface area contributed by atoms with Gasteiger partial charge in [-0.25, -0.2) is 0 Å². The fourth-order valence-electron chi connectivity index (χ4n) is 2.69. The fraction of sp³-hybridized carbons (Fsp3) is 0.947. The predicted molar refractivity (Wildman–Crippen MR) is 98.3 cm³/mol. The van der Waals surface area contributed by atoms with Crippen LogP contribution in [-0.4, -0.2) is 25.2 Å². The average Bonchev–Trinajstić information content (AvgIpc) is 2.54. The van der Waals surface area contributed by atoms with E-state index >= 15 is 0 Å². The Morgan fingerprint density at radius 1 is 0.870 bits per heavy atom. The summed E-state index contributed by atoms with van der Waals surface area (Å²) in [7, 11) is 0. The highest BCUT2D eigenvalue weighted by atomic mass is 16.5. The number of ether oxygens (including phenoxy) is 1. The number of unbranched alkanes of at least 4 members (excludes halogenated alkanes) is 8. The molecule has 4 heteroatoms. The number of rotatable bonds is 17. The molecule has 0 aliphatic heterocycles. The zero-order valence-corrected chi connectivity index (χ0v) is 15.4. The van der Waals surface area contributed by atoms with Crippen molar-refractivity contribution in [1.82, 2.24) is 0 Å². The maximum atomic E-state index is 11.6. The number of hydrogen-bond acceptors (Lipinski definition) is 4. The van der Waals surface area contributed by atoms with Gasteiger partial charge in [0.05, 0.1) is 6.61 Å². The van der Waals surface area contributed by atoms with E-state index in [1.165, 1.54) is 38.5 Å². The Balaban J connectivity index is 3.28. The van der Waals surface area contributed by atoms with Crippen molar-refractivity contribution < 1.29 is 9.53 Å². The summed E-state index contributed by atoms with van der Waals surface area (Å²) >= 11 is 0. The highest BCUT2D eigenvalue weighted by Crippen LogP contribution is 2.10. The van der Waals surface area contributed by atoms with Crippen LogP contribution in [0.1, 0.15) is 96.8 Å². The van der Waals surface area contributed by atoms with Crippen LogP contribution in [0.15, 0.2) is 0 Å². The molecule has 4 N–H and O–H groups in total. The first kappa shape index (κ1) is 22.4. The van der Waals surface area contributed by atoms with Crippen LogP contribution in [0.4, 0.5) is 0 Å². The molecular formula is C19H40N2O2. The lowest BCUT2D eigenvalue weighted by Crippen LogP contribution is -2.19. The maximum Gasteiger partial charge on any atom is 0.305 e. The van der Waals surface area contributed by atoms with Crippen molar-refractivity contribution in [3.8, 4) is 0 Å². The first-order valence-corrected chi connectivity index (χ1v) is 9.82. The van der Waals surface area contributed by atoms with Crippen LogP contribution in [0.25, 0.3) is 0 Å². The first-order valence-electron chi connectivity index (χ1n) is 9.82. The molecule has 0 saturated heterocycles. The molecule has 4 nitrogen and oxygen atoms in total. The summed E-state index contributed by atoms with van der Waals surface area (Å²) in [5, 5.41) is 0. The Morgan fingerprint density at radius 2 is 1.48 bits per heavy atom. The summed E-state index contributed by atoms with van der Waals surface area (Å²) in [4.78, 5) is 11.6. The van der Waals surface area contributed by atoms with Crippen molar-refractivity contribution in [3.63, 3.8) is 0 Å². The largest absolute Gasteiger partial charge is 0.466 e. The predicted octanol–water partition coefficient (Wildman–Crippen LogP) is 4.30. The van der Waals surface area contributed by atoms with Crippen LogP contribution < -0.4 is 11.5 Å². The van der Waals surface area contributed by atoms with Gasteiger partial charge in [-0.2, -0.15) is 0 Å². The maximum absolute atomic E-state index is 11.6. The lowest BCUT2D eigenvalue weighted by molar-refractivity contribution is -0.143. The average molecular weight is 329 g/mol. The van der Waals surface area contributed by atoms with E-state index < -0.39 is 0 Å². The molecule has 0 fully saturated rings. The van der Waals surface area contributed by atoms with Crippen LogP contribution in [0.5, 0.6) is 0 Å². The van der Waals surface area contributed by atoms with Gasteiger partial charge in [-0.15, -0.1) is 0 Å². The minimum atomic E-state index is -0.0356. The van der Waals surface area contributed by atoms with Crippen molar-refractivity contribution in [3.05, 3.63) is 0 Å². The van der Waals surface area contributed by atoms with Crippen LogP contribution in [0, 0.1) is 0 Å². The monoisotopic (exact) mass is 328 g/mol. The molecule has 0 aromatic heterocycles. The normalized spacial score (nSPS) is 12.3. The molecule has 23 heavy (non-hydrogen) atoms. The van der Waals surface area contributed by atoms with Crippen molar-refractivity contribution in [2.75, 3.05) is 13.2 Å². The zero-order chi connectivity index (χ0) is 17.2. The molecule has 138 valence electrons. The van der Waals surface area contributed by atoms with Crippen LogP contribution in [-0.2, 0) is 9.53 Å². The third-order valence-corrected chi connectivity index (χ3v) is 4.25. The summed E-state index contributed by atoms with van der Waals surface area (Å²) in [5.74, 6) is -0.0356. The second-order valence-electron chi connectivity index (χ2n) is 6.63. The van der Waals surface area contributed by atoms with Gasteiger partial charge in [0, 0.05) is 12.5 Å². The van der Waals surface area contributed by atoms with Crippen molar-refractivity contribution in [1.29, 1.82) is 0 Å². The van der Waals surface area contributed by atoms with Gasteiger partial charge in [0.25, 0.3) is 0 Å². The Bertz CT molecular complexity index is 260. The van der Waals surface area contributed by atoms with Gasteiger partial charge in [0.2, 0.25) is 0 Å². The first-order chi connectivity index (χ1) is 11.2. The molecule has 1 unspecified atom stereocenters. The SMILES string of the molecule is CCCCCCCOC(=O)CCCCCC(N)CCCCCN. The Hall–Kier alpha value is -0.610. The lowest BCUT2D eigenvalue weighted by Gasteiger charge is -2.11. The summed E-state index contributed by atoms with van der Waals surface area (Å²) in [6, 6.07) is 0.308. The van der Waals surface area contributed by atoms with Crippen LogP contribution in [0.2, 0.25) is 0 Å². The van der Waals surface area contributed by atoms with Gasteiger partial charge in [-0.05, 0) is 38.6 Å². The molecule has 1 atom stereocenters. The summed E-state index contributed by atoms with van der Waals surface area (Å²) in [5.41, 5.74) is 11.6. The van der Waals surface area contributed by atoms with Crippen molar-refractivity contribution in [2.45, 2.75) is 103 Å². The molecular weight excluding hydrogens is 288 g/mol. The number of hydrogen-bond donors (Lipinski definition) is 2. The van der Waals surface area contributed by atoms with E-state index in [0.717, 1.165) is 51.5 Å². The van der Waals surface area contributed by atoms with E-state index in [2.05, 4.69) is 6.92 Å². The molecule has 0 amide bonds. The second-order valence-corrected chi connectivity index (χ2v) is 6.63. The zero-order valence-electron chi connectivity index (χ0n) is 15.4. The van der Waals surface area contributed by atoms with E-state index in [4.69, 9.17) is 16.2 Å². The van der Waals surface area contributed by atoms with Crippen LogP contribution in [0.3, 0.4) is 0 Å². The molecule has 0 rings (SSSR count). The van der Waals surface area contributed by atoms with E-state index in [1.54, 1.807) is 0 Å². The van der Waals surface area contributed by atoms with Crippen molar-refractivity contribution >= 4 is 5.97 Å². The van der Waals surface area contributed by atoms with E-state index in [9.17, 15) is 4.79 Å². The quantitative estimate of drug-likeness (QED) is 0.308. The standard InChI is InChI=1S/C19H40N2O2/c1-2-3-4-5-12-17-23-19(22)15-10-6-8-13-18(21)14-9-7-11-16-20/h18H,2-17,20-21H2,1H3. The number of carbonyl (C=O) groups excluding carboxylic acids is 1. The minimum absolute atomic E-state index is 0.0356. The number of esters is 1. The smallest absolute Gasteiger partial charge is 0.305 e. The molecule has 0 aliphatic carbocycles. The van der Waals surface area contributed by atoms with Gasteiger partial charge in [0.15, 0.2) is 0 Å². The van der Waals surface area contributed by atoms with Gasteiger partial charge in [-0.3, -0.25) is 4.79 Å². The molecule has 0 spiro atoms. The molecule has 0 aromatic carbocycles.